The number of methoxy groups -OCH3 is 1. The van der Waals surface area contributed by atoms with E-state index in [1.165, 1.54) is 7.11 Å². The molecule has 0 saturated heterocycles. The maximum Gasteiger partial charge on any atom is 0.269 e. The molecule has 0 fully saturated rings. The van der Waals surface area contributed by atoms with Crippen molar-refractivity contribution in [2.45, 2.75) is 20.3 Å². The maximum absolute atomic E-state index is 12.3. The SMILES string of the molecule is COc1ccc(C(=O)NC(=S)NNC(=O)c2ccc(OCCC(C)C)cc2)cc1Br. The highest BCUT2D eigenvalue weighted by molar-refractivity contribution is 9.10. The predicted molar refractivity (Wildman–Crippen MR) is 123 cm³/mol. The molecule has 0 atom stereocenters. The molecule has 2 rings (SSSR count). The number of hydrazine groups is 1. The van der Waals surface area contributed by atoms with E-state index in [2.05, 4.69) is 45.9 Å². The summed E-state index contributed by atoms with van der Waals surface area (Å²) in [6.07, 6.45) is 0.961. The van der Waals surface area contributed by atoms with Gasteiger partial charge < -0.3 is 9.47 Å². The first-order valence-corrected chi connectivity index (χ1v) is 10.5. The molecule has 7 nitrogen and oxygen atoms in total. The molecular formula is C21H24BrN3O4S. The van der Waals surface area contributed by atoms with Crippen molar-refractivity contribution in [3.8, 4) is 11.5 Å². The maximum atomic E-state index is 12.3. The van der Waals surface area contributed by atoms with Crippen LogP contribution in [0.3, 0.4) is 0 Å². The fourth-order valence-electron chi connectivity index (χ4n) is 2.31. The minimum absolute atomic E-state index is 0.0334. The van der Waals surface area contributed by atoms with E-state index in [4.69, 9.17) is 21.7 Å². The molecule has 3 N–H and O–H groups in total. The topological polar surface area (TPSA) is 88.7 Å². The largest absolute Gasteiger partial charge is 0.496 e. The van der Waals surface area contributed by atoms with Crippen molar-refractivity contribution in [1.29, 1.82) is 0 Å². The number of nitrogens with one attached hydrogen (secondary N) is 3. The first-order chi connectivity index (χ1) is 14.3. The molecule has 0 saturated carbocycles. The Bertz CT molecular complexity index is 904. The molecule has 160 valence electrons. The van der Waals surface area contributed by atoms with Crippen LogP contribution in [0.15, 0.2) is 46.9 Å². The molecule has 0 unspecified atom stereocenters. The lowest BCUT2D eigenvalue weighted by atomic mass is 10.1. The lowest BCUT2D eigenvalue weighted by Crippen LogP contribution is -2.48. The standard InChI is InChI=1S/C21H24BrN3O4S/c1-13(2)10-11-29-16-7-4-14(5-8-16)20(27)24-25-21(30)23-19(26)15-6-9-18(28-3)17(22)12-15/h4-9,12-13H,10-11H2,1-3H3,(H,24,27)(H2,23,25,26,30). The van der Waals surface area contributed by atoms with E-state index in [-0.39, 0.29) is 5.11 Å². The van der Waals surface area contributed by atoms with Gasteiger partial charge in [-0.15, -0.1) is 0 Å². The van der Waals surface area contributed by atoms with Gasteiger partial charge in [-0.2, -0.15) is 0 Å². The molecule has 9 heteroatoms. The Labute approximate surface area is 189 Å². The van der Waals surface area contributed by atoms with Crippen LogP contribution in [0.5, 0.6) is 11.5 Å². The van der Waals surface area contributed by atoms with Crippen LogP contribution >= 0.6 is 28.1 Å². The van der Waals surface area contributed by atoms with Crippen LogP contribution in [0.4, 0.5) is 0 Å². The number of halogens is 1. The average molecular weight is 494 g/mol. The van der Waals surface area contributed by atoms with Crippen LogP contribution in [0.25, 0.3) is 0 Å². The Morgan fingerprint density at radius 2 is 1.70 bits per heavy atom. The zero-order valence-corrected chi connectivity index (χ0v) is 19.4. The molecule has 2 aromatic rings. The summed E-state index contributed by atoms with van der Waals surface area (Å²) in [5.74, 6) is 1.06. The summed E-state index contributed by atoms with van der Waals surface area (Å²) in [6.45, 7) is 4.89. The zero-order chi connectivity index (χ0) is 22.1. The summed E-state index contributed by atoms with van der Waals surface area (Å²) in [5, 5.41) is 2.46. The molecular weight excluding hydrogens is 470 g/mol. The van der Waals surface area contributed by atoms with Crippen LogP contribution < -0.4 is 25.6 Å². The zero-order valence-electron chi connectivity index (χ0n) is 17.0. The summed E-state index contributed by atoms with van der Waals surface area (Å²) in [4.78, 5) is 24.5. The summed E-state index contributed by atoms with van der Waals surface area (Å²) in [6, 6.07) is 11.6. The molecule has 2 aromatic carbocycles. The van der Waals surface area contributed by atoms with Gasteiger partial charge in [-0.25, -0.2) is 0 Å². The van der Waals surface area contributed by atoms with E-state index in [0.29, 0.717) is 39.6 Å². The Hall–Kier alpha value is -2.65. The number of hydrogen-bond acceptors (Lipinski definition) is 5. The van der Waals surface area contributed by atoms with E-state index in [1.807, 2.05) is 0 Å². The van der Waals surface area contributed by atoms with Crippen molar-refractivity contribution in [3.63, 3.8) is 0 Å². The van der Waals surface area contributed by atoms with Crippen LogP contribution in [0, 0.1) is 5.92 Å². The number of carbonyl (C=O) groups is 2. The molecule has 0 aliphatic carbocycles. The van der Waals surface area contributed by atoms with Gasteiger partial charge in [0.1, 0.15) is 11.5 Å². The van der Waals surface area contributed by atoms with E-state index in [1.54, 1.807) is 42.5 Å². The second-order valence-corrected chi connectivity index (χ2v) is 8.03. The normalized spacial score (nSPS) is 10.3. The molecule has 0 radical (unpaired) electrons. The number of ether oxygens (including phenoxy) is 2. The molecule has 0 aromatic heterocycles. The second-order valence-electron chi connectivity index (χ2n) is 6.77. The van der Waals surface area contributed by atoms with E-state index in [0.717, 1.165) is 6.42 Å². The van der Waals surface area contributed by atoms with Crippen molar-refractivity contribution in [2.75, 3.05) is 13.7 Å². The van der Waals surface area contributed by atoms with Gasteiger partial charge in [0.2, 0.25) is 0 Å². The summed E-state index contributed by atoms with van der Waals surface area (Å²) < 4.78 is 11.4. The minimum Gasteiger partial charge on any atom is -0.496 e. The number of amides is 2. The molecule has 0 spiro atoms. The molecule has 0 bridgehead atoms. The molecule has 0 aliphatic heterocycles. The van der Waals surface area contributed by atoms with Gasteiger partial charge in [0.15, 0.2) is 5.11 Å². The molecule has 0 aliphatic rings. The fourth-order valence-corrected chi connectivity index (χ4v) is 3.00. The lowest BCUT2D eigenvalue weighted by molar-refractivity contribution is 0.0934. The smallest absolute Gasteiger partial charge is 0.269 e. The molecule has 0 heterocycles. The fraction of sp³-hybridized carbons (Fsp3) is 0.286. The highest BCUT2D eigenvalue weighted by Gasteiger charge is 2.12. The molecule has 2 amide bonds. The average Bonchev–Trinajstić information content (AvgIpc) is 2.72. The number of benzene rings is 2. The Kier molecular flexibility index (Phi) is 9.07. The summed E-state index contributed by atoms with van der Waals surface area (Å²) in [5.41, 5.74) is 5.76. The van der Waals surface area contributed by atoms with Gasteiger partial charge in [-0.3, -0.25) is 25.8 Å². The second kappa shape index (κ2) is 11.5. The van der Waals surface area contributed by atoms with E-state index in [9.17, 15) is 9.59 Å². The first-order valence-electron chi connectivity index (χ1n) is 9.28. The molecule has 30 heavy (non-hydrogen) atoms. The van der Waals surface area contributed by atoms with Crippen molar-refractivity contribution < 1.29 is 19.1 Å². The first kappa shape index (κ1) is 23.6. The Balaban J connectivity index is 1.81. The Morgan fingerprint density at radius 1 is 1.03 bits per heavy atom. The monoisotopic (exact) mass is 493 g/mol. The number of thiocarbonyl (C=S) groups is 1. The van der Waals surface area contributed by atoms with Crippen LogP contribution in [0.2, 0.25) is 0 Å². The van der Waals surface area contributed by atoms with E-state index >= 15 is 0 Å². The lowest BCUT2D eigenvalue weighted by Gasteiger charge is -2.12. The van der Waals surface area contributed by atoms with Crippen molar-refractivity contribution in [2.24, 2.45) is 5.92 Å². The number of hydrogen-bond donors (Lipinski definition) is 3. The quantitative estimate of drug-likeness (QED) is 0.401. The number of carbonyl (C=O) groups excluding carboxylic acids is 2. The van der Waals surface area contributed by atoms with Gasteiger partial charge in [-0.1, -0.05) is 13.8 Å². The summed E-state index contributed by atoms with van der Waals surface area (Å²) in [7, 11) is 1.54. The van der Waals surface area contributed by atoms with Crippen LogP contribution in [-0.4, -0.2) is 30.6 Å². The Morgan fingerprint density at radius 3 is 2.30 bits per heavy atom. The van der Waals surface area contributed by atoms with Crippen molar-refractivity contribution in [1.82, 2.24) is 16.2 Å². The highest BCUT2D eigenvalue weighted by Crippen LogP contribution is 2.25. The van der Waals surface area contributed by atoms with Crippen LogP contribution in [-0.2, 0) is 0 Å². The summed E-state index contributed by atoms with van der Waals surface area (Å²) >= 11 is 8.38. The minimum atomic E-state index is -0.423. The number of rotatable bonds is 7. The van der Waals surface area contributed by atoms with Gasteiger partial charge in [0, 0.05) is 11.1 Å². The van der Waals surface area contributed by atoms with Gasteiger partial charge in [0.25, 0.3) is 11.8 Å². The van der Waals surface area contributed by atoms with Crippen LogP contribution in [0.1, 0.15) is 41.0 Å². The van der Waals surface area contributed by atoms with E-state index < -0.39 is 11.8 Å². The van der Waals surface area contributed by atoms with Crippen molar-refractivity contribution in [3.05, 3.63) is 58.1 Å². The van der Waals surface area contributed by atoms with Gasteiger partial charge in [-0.05, 0) is 83.0 Å². The highest BCUT2D eigenvalue weighted by atomic mass is 79.9. The van der Waals surface area contributed by atoms with Gasteiger partial charge >= 0.3 is 0 Å². The third-order valence-corrected chi connectivity index (χ3v) is 4.83. The third kappa shape index (κ3) is 7.31. The van der Waals surface area contributed by atoms with Gasteiger partial charge in [0.05, 0.1) is 18.2 Å². The van der Waals surface area contributed by atoms with Crippen molar-refractivity contribution >= 4 is 45.1 Å². The third-order valence-electron chi connectivity index (χ3n) is 4.01. The predicted octanol–water partition coefficient (Wildman–Crippen LogP) is 3.83.